The largest absolute Gasteiger partial charge is 0.484 e. The standard InChI is InChI=1S/C16H12BrNO2/c17-14-6-7-16(13(9-14)10-18)20-11-15(19)8-12-4-2-1-3-5-12/h1-7,9H,8,11H2. The molecule has 2 aromatic carbocycles. The van der Waals surface area contributed by atoms with Crippen LogP contribution in [0.15, 0.2) is 53.0 Å². The number of nitrogens with zero attached hydrogens (tertiary/aromatic N) is 1. The van der Waals surface area contributed by atoms with Crippen LogP contribution in [0.5, 0.6) is 5.75 Å². The van der Waals surface area contributed by atoms with E-state index in [-0.39, 0.29) is 12.4 Å². The van der Waals surface area contributed by atoms with E-state index in [0.717, 1.165) is 10.0 Å². The van der Waals surface area contributed by atoms with E-state index in [4.69, 9.17) is 10.00 Å². The lowest BCUT2D eigenvalue weighted by Gasteiger charge is -2.07. The van der Waals surface area contributed by atoms with Crippen molar-refractivity contribution in [2.24, 2.45) is 0 Å². The molecule has 2 rings (SSSR count). The van der Waals surface area contributed by atoms with Crippen molar-refractivity contribution in [1.29, 1.82) is 5.26 Å². The Morgan fingerprint density at radius 2 is 1.95 bits per heavy atom. The Bertz CT molecular complexity index is 647. The molecule has 0 saturated carbocycles. The monoisotopic (exact) mass is 329 g/mol. The van der Waals surface area contributed by atoms with E-state index in [1.807, 2.05) is 36.4 Å². The number of hydrogen-bond acceptors (Lipinski definition) is 3. The molecule has 0 amide bonds. The van der Waals surface area contributed by atoms with Crippen molar-refractivity contribution < 1.29 is 9.53 Å². The van der Waals surface area contributed by atoms with Crippen LogP contribution in [0.1, 0.15) is 11.1 Å². The maximum atomic E-state index is 11.8. The fourth-order valence-corrected chi connectivity index (χ4v) is 2.11. The number of carbonyl (C=O) groups is 1. The number of rotatable bonds is 5. The molecular weight excluding hydrogens is 318 g/mol. The molecule has 0 aliphatic carbocycles. The van der Waals surface area contributed by atoms with Crippen LogP contribution >= 0.6 is 15.9 Å². The Hall–Kier alpha value is -2.12. The van der Waals surface area contributed by atoms with Gasteiger partial charge in [-0.05, 0) is 23.8 Å². The second-order valence-corrected chi connectivity index (χ2v) is 5.16. The van der Waals surface area contributed by atoms with Gasteiger partial charge < -0.3 is 4.74 Å². The molecule has 0 unspecified atom stereocenters. The second-order valence-electron chi connectivity index (χ2n) is 4.24. The Labute approximate surface area is 125 Å². The predicted molar refractivity (Wildman–Crippen MR) is 79.5 cm³/mol. The smallest absolute Gasteiger partial charge is 0.174 e. The number of hydrogen-bond donors (Lipinski definition) is 0. The topological polar surface area (TPSA) is 50.1 Å². The van der Waals surface area contributed by atoms with Crippen molar-refractivity contribution in [3.8, 4) is 11.8 Å². The number of carbonyl (C=O) groups excluding carboxylic acids is 1. The van der Waals surface area contributed by atoms with Crippen LogP contribution in [-0.2, 0) is 11.2 Å². The highest BCUT2D eigenvalue weighted by molar-refractivity contribution is 9.10. The van der Waals surface area contributed by atoms with Crippen molar-refractivity contribution in [2.75, 3.05) is 6.61 Å². The van der Waals surface area contributed by atoms with Gasteiger partial charge in [-0.2, -0.15) is 5.26 Å². The Morgan fingerprint density at radius 1 is 1.20 bits per heavy atom. The third-order valence-corrected chi connectivity index (χ3v) is 3.19. The van der Waals surface area contributed by atoms with E-state index in [1.54, 1.807) is 18.2 Å². The number of benzene rings is 2. The summed E-state index contributed by atoms with van der Waals surface area (Å²) in [7, 11) is 0. The summed E-state index contributed by atoms with van der Waals surface area (Å²) in [5, 5.41) is 9.01. The average molecular weight is 330 g/mol. The van der Waals surface area contributed by atoms with E-state index in [2.05, 4.69) is 15.9 Å². The van der Waals surface area contributed by atoms with Crippen LogP contribution in [0.4, 0.5) is 0 Å². The Kier molecular flexibility index (Phi) is 4.91. The fraction of sp³-hybridized carbons (Fsp3) is 0.125. The average Bonchev–Trinajstić information content (AvgIpc) is 2.47. The van der Waals surface area contributed by atoms with Crippen LogP contribution in [0.2, 0.25) is 0 Å². The minimum Gasteiger partial charge on any atom is -0.484 e. The number of ketones is 1. The van der Waals surface area contributed by atoms with E-state index in [1.165, 1.54) is 0 Å². The maximum Gasteiger partial charge on any atom is 0.174 e. The van der Waals surface area contributed by atoms with Crippen molar-refractivity contribution >= 4 is 21.7 Å². The van der Waals surface area contributed by atoms with Gasteiger partial charge >= 0.3 is 0 Å². The number of ether oxygens (including phenoxy) is 1. The minimum absolute atomic E-state index is 0.0250. The summed E-state index contributed by atoms with van der Waals surface area (Å²) >= 11 is 3.29. The third-order valence-electron chi connectivity index (χ3n) is 2.69. The molecule has 0 radical (unpaired) electrons. The van der Waals surface area contributed by atoms with Crippen molar-refractivity contribution in [3.63, 3.8) is 0 Å². The molecule has 0 aliphatic heterocycles. The SMILES string of the molecule is N#Cc1cc(Br)ccc1OCC(=O)Cc1ccccc1. The molecule has 20 heavy (non-hydrogen) atoms. The molecule has 0 fully saturated rings. The zero-order valence-electron chi connectivity index (χ0n) is 10.7. The van der Waals surface area contributed by atoms with Gasteiger partial charge in [0.05, 0.1) is 5.56 Å². The van der Waals surface area contributed by atoms with Gasteiger partial charge in [0.15, 0.2) is 5.78 Å². The van der Waals surface area contributed by atoms with E-state index in [9.17, 15) is 4.79 Å². The minimum atomic E-state index is -0.0365. The van der Waals surface area contributed by atoms with E-state index < -0.39 is 0 Å². The molecule has 2 aromatic rings. The molecule has 0 aliphatic rings. The fourth-order valence-electron chi connectivity index (χ4n) is 1.75. The molecule has 3 nitrogen and oxygen atoms in total. The highest BCUT2D eigenvalue weighted by Gasteiger charge is 2.08. The lowest BCUT2D eigenvalue weighted by atomic mass is 10.1. The van der Waals surface area contributed by atoms with Crippen molar-refractivity contribution in [1.82, 2.24) is 0 Å². The molecule has 0 saturated heterocycles. The molecular formula is C16H12BrNO2. The van der Waals surface area contributed by atoms with Crippen LogP contribution in [0.3, 0.4) is 0 Å². The van der Waals surface area contributed by atoms with Gasteiger partial charge in [-0.15, -0.1) is 0 Å². The molecule has 0 spiro atoms. The molecule has 0 atom stereocenters. The predicted octanol–water partition coefficient (Wildman–Crippen LogP) is 3.51. The summed E-state index contributed by atoms with van der Waals surface area (Å²) in [5.74, 6) is 0.403. The highest BCUT2D eigenvalue weighted by atomic mass is 79.9. The summed E-state index contributed by atoms with van der Waals surface area (Å²) in [6.45, 7) is -0.0365. The molecule has 0 N–H and O–H groups in total. The van der Waals surface area contributed by atoms with Gasteiger partial charge in [0.25, 0.3) is 0 Å². The highest BCUT2D eigenvalue weighted by Crippen LogP contribution is 2.22. The van der Waals surface area contributed by atoms with Gasteiger partial charge in [0, 0.05) is 10.9 Å². The third kappa shape index (κ3) is 3.94. The second kappa shape index (κ2) is 6.88. The molecule has 0 heterocycles. The van der Waals surface area contributed by atoms with Crippen molar-refractivity contribution in [3.05, 3.63) is 64.1 Å². The summed E-state index contributed by atoms with van der Waals surface area (Å²) in [6.07, 6.45) is 0.333. The van der Waals surface area contributed by atoms with E-state index >= 15 is 0 Å². The van der Waals surface area contributed by atoms with Gasteiger partial charge in [-0.1, -0.05) is 46.3 Å². The maximum absolute atomic E-state index is 11.8. The lowest BCUT2D eigenvalue weighted by Crippen LogP contribution is -2.14. The number of halogens is 1. The van der Waals surface area contributed by atoms with Crippen LogP contribution in [-0.4, -0.2) is 12.4 Å². The van der Waals surface area contributed by atoms with Gasteiger partial charge in [-0.25, -0.2) is 0 Å². The van der Waals surface area contributed by atoms with Gasteiger partial charge in [-0.3, -0.25) is 4.79 Å². The zero-order chi connectivity index (χ0) is 14.4. The summed E-state index contributed by atoms with van der Waals surface area (Å²) in [4.78, 5) is 11.8. The first-order chi connectivity index (χ1) is 9.69. The zero-order valence-corrected chi connectivity index (χ0v) is 12.3. The Balaban J connectivity index is 1.96. The first kappa shape index (κ1) is 14.3. The molecule has 100 valence electrons. The summed E-state index contributed by atoms with van der Waals surface area (Å²) < 4.78 is 6.23. The summed E-state index contributed by atoms with van der Waals surface area (Å²) in [5.41, 5.74) is 1.37. The first-order valence-corrected chi connectivity index (χ1v) is 6.86. The number of nitriles is 1. The van der Waals surface area contributed by atoms with Gasteiger partial charge in [0.1, 0.15) is 18.4 Å². The normalized spacial score (nSPS) is 9.80. The molecule has 4 heteroatoms. The van der Waals surface area contributed by atoms with Crippen molar-refractivity contribution in [2.45, 2.75) is 6.42 Å². The van der Waals surface area contributed by atoms with Crippen LogP contribution in [0, 0.1) is 11.3 Å². The first-order valence-electron chi connectivity index (χ1n) is 6.07. The van der Waals surface area contributed by atoms with Crippen LogP contribution in [0.25, 0.3) is 0 Å². The Morgan fingerprint density at radius 3 is 2.65 bits per heavy atom. The summed E-state index contributed by atoms with van der Waals surface area (Å²) in [6, 6.07) is 16.7. The molecule has 0 aromatic heterocycles. The van der Waals surface area contributed by atoms with Crippen LogP contribution < -0.4 is 4.74 Å². The lowest BCUT2D eigenvalue weighted by molar-refractivity contribution is -0.120. The molecule has 0 bridgehead atoms. The number of Topliss-reactive ketones (excluding diaryl/α,β-unsaturated/α-hetero) is 1. The van der Waals surface area contributed by atoms with E-state index in [0.29, 0.717) is 17.7 Å². The van der Waals surface area contributed by atoms with Gasteiger partial charge in [0.2, 0.25) is 0 Å². The quantitative estimate of drug-likeness (QED) is 0.843.